The summed E-state index contributed by atoms with van der Waals surface area (Å²) in [4.78, 5) is 0. The first-order chi connectivity index (χ1) is 6.31. The Kier molecular flexibility index (Phi) is 9.80. The van der Waals surface area contributed by atoms with Gasteiger partial charge in [-0.15, -0.1) is 0 Å². The zero-order valence-electron chi connectivity index (χ0n) is 8.24. The van der Waals surface area contributed by atoms with Crippen LogP contribution in [0.1, 0.15) is 19.8 Å². The van der Waals surface area contributed by atoms with Gasteiger partial charge in [0.15, 0.2) is 0 Å². The van der Waals surface area contributed by atoms with Gasteiger partial charge in [0.2, 0.25) is 0 Å². The molecule has 0 amide bonds. The lowest BCUT2D eigenvalue weighted by atomic mass is 10.4. The van der Waals surface area contributed by atoms with Crippen molar-refractivity contribution in [2.75, 3.05) is 33.0 Å². The lowest BCUT2D eigenvalue weighted by Gasteiger charge is -2.12. The maximum absolute atomic E-state index is 8.49. The summed E-state index contributed by atoms with van der Waals surface area (Å²) in [6.07, 6.45) is 1.40. The lowest BCUT2D eigenvalue weighted by molar-refractivity contribution is -0.0129. The smallest absolute Gasteiger partial charge is 0.0780 e. The third-order valence-electron chi connectivity index (χ3n) is 1.50. The normalized spacial score (nSPS) is 13.2. The van der Waals surface area contributed by atoms with Crippen LogP contribution in [0.3, 0.4) is 0 Å². The third kappa shape index (κ3) is 9.76. The van der Waals surface area contributed by atoms with Crippen LogP contribution in [0.15, 0.2) is 0 Å². The Hall–Kier alpha value is -0.160. The predicted molar refractivity (Wildman–Crippen MR) is 49.6 cm³/mol. The second-order valence-electron chi connectivity index (χ2n) is 2.91. The van der Waals surface area contributed by atoms with Gasteiger partial charge in [-0.2, -0.15) is 0 Å². The van der Waals surface area contributed by atoms with Crippen LogP contribution in [0.2, 0.25) is 0 Å². The number of hydrogen-bond acceptors (Lipinski definition) is 4. The van der Waals surface area contributed by atoms with Gasteiger partial charge in [0, 0.05) is 26.4 Å². The van der Waals surface area contributed by atoms with E-state index in [4.69, 9.17) is 19.7 Å². The van der Waals surface area contributed by atoms with Crippen LogP contribution in [0.25, 0.3) is 0 Å². The number of aliphatic hydroxyl groups excluding tert-OH is 2. The molecule has 4 heteroatoms. The van der Waals surface area contributed by atoms with E-state index in [1.165, 1.54) is 0 Å². The van der Waals surface area contributed by atoms with Crippen LogP contribution in [-0.4, -0.2) is 49.4 Å². The van der Waals surface area contributed by atoms with Gasteiger partial charge in [0.05, 0.1) is 12.7 Å². The van der Waals surface area contributed by atoms with Gasteiger partial charge in [0.25, 0.3) is 0 Å². The molecule has 1 unspecified atom stereocenters. The second kappa shape index (κ2) is 9.92. The first-order valence-corrected chi connectivity index (χ1v) is 4.72. The van der Waals surface area contributed by atoms with Crippen LogP contribution in [0.5, 0.6) is 0 Å². The molecule has 13 heavy (non-hydrogen) atoms. The van der Waals surface area contributed by atoms with Gasteiger partial charge in [-0.1, -0.05) is 0 Å². The van der Waals surface area contributed by atoms with Gasteiger partial charge in [0.1, 0.15) is 0 Å². The molecule has 0 saturated carbocycles. The van der Waals surface area contributed by atoms with Crippen LogP contribution >= 0.6 is 0 Å². The van der Waals surface area contributed by atoms with E-state index in [0.717, 1.165) is 0 Å². The monoisotopic (exact) mass is 192 g/mol. The van der Waals surface area contributed by atoms with E-state index in [1.807, 2.05) is 6.92 Å². The molecule has 0 aliphatic heterocycles. The highest BCUT2D eigenvalue weighted by atomic mass is 16.5. The fourth-order valence-corrected chi connectivity index (χ4v) is 0.813. The molecule has 0 aromatic carbocycles. The van der Waals surface area contributed by atoms with E-state index in [-0.39, 0.29) is 19.3 Å². The quantitative estimate of drug-likeness (QED) is 0.511. The zero-order chi connectivity index (χ0) is 9.94. The Balaban J connectivity index is 3.05. The lowest BCUT2D eigenvalue weighted by Crippen LogP contribution is -2.17. The summed E-state index contributed by atoms with van der Waals surface area (Å²) in [6, 6.07) is 0. The van der Waals surface area contributed by atoms with Crippen LogP contribution in [-0.2, 0) is 9.47 Å². The Labute approximate surface area is 79.5 Å². The van der Waals surface area contributed by atoms with Crippen molar-refractivity contribution < 1.29 is 19.7 Å². The van der Waals surface area contributed by atoms with Gasteiger partial charge in [-0.05, 0) is 19.8 Å². The van der Waals surface area contributed by atoms with Crippen molar-refractivity contribution in [1.29, 1.82) is 0 Å². The highest BCUT2D eigenvalue weighted by Gasteiger charge is 2.00. The average Bonchev–Trinajstić information content (AvgIpc) is 2.13. The van der Waals surface area contributed by atoms with Gasteiger partial charge >= 0.3 is 0 Å². The van der Waals surface area contributed by atoms with Crippen molar-refractivity contribution in [2.24, 2.45) is 0 Å². The molecule has 0 aromatic rings. The molecule has 2 N–H and O–H groups in total. The number of hydrogen-bond donors (Lipinski definition) is 2. The summed E-state index contributed by atoms with van der Waals surface area (Å²) < 4.78 is 10.5. The second-order valence-corrected chi connectivity index (χ2v) is 2.91. The molecule has 4 nitrogen and oxygen atoms in total. The van der Waals surface area contributed by atoms with Crippen LogP contribution < -0.4 is 0 Å². The first-order valence-electron chi connectivity index (χ1n) is 4.72. The maximum Gasteiger partial charge on any atom is 0.0780 e. The topological polar surface area (TPSA) is 58.9 Å². The summed E-state index contributed by atoms with van der Waals surface area (Å²) >= 11 is 0. The Bertz CT molecular complexity index is 97.6. The van der Waals surface area contributed by atoms with Gasteiger partial charge < -0.3 is 19.7 Å². The summed E-state index contributed by atoms with van der Waals surface area (Å²) in [7, 11) is 0. The van der Waals surface area contributed by atoms with Crippen molar-refractivity contribution in [1.82, 2.24) is 0 Å². The van der Waals surface area contributed by atoms with E-state index in [1.54, 1.807) is 0 Å². The number of aliphatic hydroxyl groups is 2. The Morgan fingerprint density at radius 3 is 2.31 bits per heavy atom. The van der Waals surface area contributed by atoms with Gasteiger partial charge in [-0.25, -0.2) is 0 Å². The molecule has 0 aliphatic carbocycles. The predicted octanol–water partition coefficient (Wildman–Crippen LogP) is 0.173. The van der Waals surface area contributed by atoms with Crippen molar-refractivity contribution in [3.8, 4) is 0 Å². The minimum atomic E-state index is 0.0604. The van der Waals surface area contributed by atoms with Crippen molar-refractivity contribution >= 4 is 0 Å². The number of ether oxygens (including phenoxy) is 2. The molecule has 0 fully saturated rings. The maximum atomic E-state index is 8.49. The molecular formula is C9H20O4. The molecule has 0 bridgehead atoms. The highest BCUT2D eigenvalue weighted by molar-refractivity contribution is 4.47. The SMILES string of the molecule is CC(COCCCO)OCCCO. The summed E-state index contributed by atoms with van der Waals surface area (Å²) in [5, 5.41) is 17.0. The summed E-state index contributed by atoms with van der Waals surface area (Å²) in [6.45, 7) is 3.95. The Morgan fingerprint density at radius 2 is 1.69 bits per heavy atom. The van der Waals surface area contributed by atoms with Crippen molar-refractivity contribution in [3.05, 3.63) is 0 Å². The van der Waals surface area contributed by atoms with Crippen molar-refractivity contribution in [2.45, 2.75) is 25.9 Å². The fourth-order valence-electron chi connectivity index (χ4n) is 0.813. The van der Waals surface area contributed by atoms with E-state index in [2.05, 4.69) is 0 Å². The minimum Gasteiger partial charge on any atom is -0.396 e. The van der Waals surface area contributed by atoms with E-state index in [0.29, 0.717) is 32.7 Å². The van der Waals surface area contributed by atoms with E-state index < -0.39 is 0 Å². The average molecular weight is 192 g/mol. The zero-order valence-corrected chi connectivity index (χ0v) is 8.24. The summed E-state index contributed by atoms with van der Waals surface area (Å²) in [5.74, 6) is 0. The molecular weight excluding hydrogens is 172 g/mol. The summed E-state index contributed by atoms with van der Waals surface area (Å²) in [5.41, 5.74) is 0. The molecule has 1 atom stereocenters. The van der Waals surface area contributed by atoms with E-state index in [9.17, 15) is 0 Å². The molecule has 0 aromatic heterocycles. The van der Waals surface area contributed by atoms with Crippen molar-refractivity contribution in [3.63, 3.8) is 0 Å². The molecule has 0 heterocycles. The highest BCUT2D eigenvalue weighted by Crippen LogP contribution is 1.94. The fraction of sp³-hybridized carbons (Fsp3) is 1.00. The van der Waals surface area contributed by atoms with Gasteiger partial charge in [-0.3, -0.25) is 0 Å². The third-order valence-corrected chi connectivity index (χ3v) is 1.50. The molecule has 0 saturated heterocycles. The molecule has 0 rings (SSSR count). The molecule has 0 aliphatic rings. The van der Waals surface area contributed by atoms with Crippen LogP contribution in [0, 0.1) is 0 Å². The molecule has 0 spiro atoms. The Morgan fingerprint density at radius 1 is 1.08 bits per heavy atom. The first kappa shape index (κ1) is 12.8. The molecule has 0 radical (unpaired) electrons. The van der Waals surface area contributed by atoms with Crippen LogP contribution in [0.4, 0.5) is 0 Å². The minimum absolute atomic E-state index is 0.0604. The number of rotatable bonds is 9. The largest absolute Gasteiger partial charge is 0.396 e. The molecule has 80 valence electrons. The standard InChI is InChI=1S/C9H20O4/c1-9(13-7-3-5-11)8-12-6-2-4-10/h9-11H,2-8H2,1H3. The van der Waals surface area contributed by atoms with E-state index >= 15 is 0 Å².